The highest BCUT2D eigenvalue weighted by molar-refractivity contribution is 5.80. The van der Waals surface area contributed by atoms with Crippen LogP contribution < -0.4 is 5.32 Å². The standard InChI is InChI=1S/C42H83NO4/c1-4-6-8-10-12-13-14-15-16-17-18-19-20-21-22-23-25-27-31-36-41(46)42(47)43-39(37-44)40(45)35-32-28-30-34-38(3)33-29-26-24-11-9-7-5-2/h32,35,38-41,44-46H,4-31,33-34,36-37H2,1-3H3,(H,43,47). The minimum Gasteiger partial charge on any atom is -0.394 e. The molecule has 0 aliphatic heterocycles. The normalized spacial score (nSPS) is 14.4. The fourth-order valence-corrected chi connectivity index (χ4v) is 6.61. The van der Waals surface area contributed by atoms with Crippen LogP contribution in [-0.2, 0) is 4.79 Å². The van der Waals surface area contributed by atoms with E-state index in [0.717, 1.165) is 38.0 Å². The maximum Gasteiger partial charge on any atom is 0.249 e. The molecule has 280 valence electrons. The molecule has 0 aliphatic rings. The SMILES string of the molecule is CCCCCCCCCCCCCCCCCCCCCC(O)C(=O)NC(CO)C(O)C=CCCCC(C)CCCCCCCCC. The number of nitrogens with one attached hydrogen (secondary N) is 1. The summed E-state index contributed by atoms with van der Waals surface area (Å²) < 4.78 is 0. The third-order valence-electron chi connectivity index (χ3n) is 10.0. The Kier molecular flexibility index (Phi) is 35.7. The molecule has 47 heavy (non-hydrogen) atoms. The summed E-state index contributed by atoms with van der Waals surface area (Å²) in [5.41, 5.74) is 0. The van der Waals surface area contributed by atoms with Crippen LogP contribution >= 0.6 is 0 Å². The summed E-state index contributed by atoms with van der Waals surface area (Å²) in [7, 11) is 0. The van der Waals surface area contributed by atoms with E-state index in [-0.39, 0.29) is 6.61 Å². The highest BCUT2D eigenvalue weighted by Gasteiger charge is 2.22. The maximum atomic E-state index is 12.5. The van der Waals surface area contributed by atoms with E-state index in [1.165, 1.54) is 161 Å². The summed E-state index contributed by atoms with van der Waals surface area (Å²) in [6.45, 7) is 6.51. The molecule has 0 saturated carbocycles. The molecule has 0 aromatic rings. The Bertz CT molecular complexity index is 669. The van der Waals surface area contributed by atoms with Gasteiger partial charge in [-0.1, -0.05) is 213 Å². The van der Waals surface area contributed by atoms with Crippen molar-refractivity contribution in [2.75, 3.05) is 6.61 Å². The quantitative estimate of drug-likeness (QED) is 0.0393. The molecule has 0 spiro atoms. The van der Waals surface area contributed by atoms with Crippen molar-refractivity contribution in [1.29, 1.82) is 0 Å². The molecule has 0 aromatic carbocycles. The van der Waals surface area contributed by atoms with E-state index in [4.69, 9.17) is 0 Å². The fraction of sp³-hybridized carbons (Fsp3) is 0.929. The summed E-state index contributed by atoms with van der Waals surface area (Å²) in [6.07, 6.45) is 41.0. The molecule has 4 atom stereocenters. The van der Waals surface area contributed by atoms with Crippen molar-refractivity contribution >= 4 is 5.91 Å². The number of rotatable bonds is 37. The molecule has 0 aromatic heterocycles. The molecule has 4 N–H and O–H groups in total. The average Bonchev–Trinajstić information content (AvgIpc) is 3.07. The molecule has 5 heteroatoms. The van der Waals surface area contributed by atoms with Crippen molar-refractivity contribution < 1.29 is 20.1 Å². The Morgan fingerprint density at radius 1 is 0.553 bits per heavy atom. The molecule has 0 saturated heterocycles. The number of hydrogen-bond acceptors (Lipinski definition) is 4. The van der Waals surface area contributed by atoms with Crippen LogP contribution in [0.2, 0.25) is 0 Å². The molecule has 0 aliphatic carbocycles. The van der Waals surface area contributed by atoms with Crippen LogP contribution in [0.1, 0.15) is 220 Å². The van der Waals surface area contributed by atoms with Crippen LogP contribution in [0.15, 0.2) is 12.2 Å². The van der Waals surface area contributed by atoms with Crippen LogP contribution in [0.5, 0.6) is 0 Å². The van der Waals surface area contributed by atoms with Gasteiger partial charge in [-0.15, -0.1) is 0 Å². The van der Waals surface area contributed by atoms with Gasteiger partial charge in [0.05, 0.1) is 18.8 Å². The van der Waals surface area contributed by atoms with Gasteiger partial charge < -0.3 is 20.6 Å². The van der Waals surface area contributed by atoms with E-state index < -0.39 is 24.2 Å². The summed E-state index contributed by atoms with van der Waals surface area (Å²) in [5, 5.41) is 33.1. The van der Waals surface area contributed by atoms with E-state index in [2.05, 4.69) is 26.1 Å². The predicted molar refractivity (Wildman–Crippen MR) is 204 cm³/mol. The Morgan fingerprint density at radius 3 is 1.32 bits per heavy atom. The van der Waals surface area contributed by atoms with Crippen molar-refractivity contribution in [1.82, 2.24) is 5.32 Å². The zero-order valence-corrected chi connectivity index (χ0v) is 31.8. The number of allylic oxidation sites excluding steroid dienone is 1. The van der Waals surface area contributed by atoms with Gasteiger partial charge in [0, 0.05) is 0 Å². The third-order valence-corrected chi connectivity index (χ3v) is 10.0. The van der Waals surface area contributed by atoms with Gasteiger partial charge in [0.1, 0.15) is 6.10 Å². The molecule has 1 amide bonds. The van der Waals surface area contributed by atoms with Gasteiger partial charge in [0.25, 0.3) is 0 Å². The Labute approximate surface area is 293 Å². The molecular formula is C42H83NO4. The topological polar surface area (TPSA) is 89.8 Å². The van der Waals surface area contributed by atoms with Gasteiger partial charge in [0.15, 0.2) is 0 Å². The molecule has 5 nitrogen and oxygen atoms in total. The minimum atomic E-state index is -1.09. The van der Waals surface area contributed by atoms with Crippen LogP contribution in [0.3, 0.4) is 0 Å². The van der Waals surface area contributed by atoms with Gasteiger partial charge in [-0.25, -0.2) is 0 Å². The lowest BCUT2D eigenvalue weighted by atomic mass is 9.96. The van der Waals surface area contributed by atoms with E-state index in [1.807, 2.05) is 6.08 Å². The van der Waals surface area contributed by atoms with E-state index >= 15 is 0 Å². The number of hydrogen-bond donors (Lipinski definition) is 4. The van der Waals surface area contributed by atoms with Crippen molar-refractivity contribution in [3.8, 4) is 0 Å². The molecule has 0 fully saturated rings. The predicted octanol–water partition coefficient (Wildman–Crippen LogP) is 11.5. The minimum absolute atomic E-state index is 0.362. The zero-order chi connectivity index (χ0) is 34.6. The second-order valence-corrected chi connectivity index (χ2v) is 14.8. The van der Waals surface area contributed by atoms with E-state index in [1.54, 1.807) is 6.08 Å². The Morgan fingerprint density at radius 2 is 0.915 bits per heavy atom. The monoisotopic (exact) mass is 666 g/mol. The smallest absolute Gasteiger partial charge is 0.249 e. The number of aliphatic hydroxyl groups excluding tert-OH is 3. The zero-order valence-electron chi connectivity index (χ0n) is 31.8. The first kappa shape index (κ1) is 46.1. The van der Waals surface area contributed by atoms with Gasteiger partial charge in [0.2, 0.25) is 5.91 Å². The Hall–Kier alpha value is -0.910. The highest BCUT2D eigenvalue weighted by Crippen LogP contribution is 2.18. The van der Waals surface area contributed by atoms with Crippen LogP contribution in [0.4, 0.5) is 0 Å². The lowest BCUT2D eigenvalue weighted by Crippen LogP contribution is -2.48. The second kappa shape index (κ2) is 36.4. The summed E-state index contributed by atoms with van der Waals surface area (Å²) >= 11 is 0. The molecule has 0 heterocycles. The maximum absolute atomic E-state index is 12.5. The third kappa shape index (κ3) is 32.1. The van der Waals surface area contributed by atoms with Crippen molar-refractivity contribution in [2.24, 2.45) is 5.92 Å². The average molecular weight is 666 g/mol. The first-order valence-corrected chi connectivity index (χ1v) is 20.9. The molecule has 0 rings (SSSR count). The molecule has 0 bridgehead atoms. The molecule has 4 unspecified atom stereocenters. The second-order valence-electron chi connectivity index (χ2n) is 14.8. The summed E-state index contributed by atoms with van der Waals surface area (Å²) in [5.74, 6) is 0.224. The lowest BCUT2D eigenvalue weighted by Gasteiger charge is -2.21. The van der Waals surface area contributed by atoms with Crippen molar-refractivity contribution in [3.05, 3.63) is 12.2 Å². The first-order chi connectivity index (χ1) is 23.0. The molecule has 0 radical (unpaired) electrons. The van der Waals surface area contributed by atoms with Gasteiger partial charge >= 0.3 is 0 Å². The molecular weight excluding hydrogens is 582 g/mol. The first-order valence-electron chi connectivity index (χ1n) is 20.9. The van der Waals surface area contributed by atoms with E-state index in [9.17, 15) is 20.1 Å². The van der Waals surface area contributed by atoms with Crippen LogP contribution in [-0.4, -0.2) is 46.1 Å². The lowest BCUT2D eigenvalue weighted by molar-refractivity contribution is -0.131. The largest absolute Gasteiger partial charge is 0.394 e. The number of carbonyl (C=O) groups is 1. The summed E-state index contributed by atoms with van der Waals surface area (Å²) in [6, 6.07) is -0.797. The number of aliphatic hydroxyl groups is 3. The van der Waals surface area contributed by atoms with Gasteiger partial charge in [-0.05, 0) is 25.2 Å². The number of amides is 1. The van der Waals surface area contributed by atoms with Crippen molar-refractivity contribution in [3.63, 3.8) is 0 Å². The number of carbonyl (C=O) groups excluding carboxylic acids is 1. The highest BCUT2D eigenvalue weighted by atomic mass is 16.3. The van der Waals surface area contributed by atoms with Crippen LogP contribution in [0.25, 0.3) is 0 Å². The van der Waals surface area contributed by atoms with Crippen molar-refractivity contribution in [2.45, 2.75) is 238 Å². The van der Waals surface area contributed by atoms with Gasteiger partial charge in [-0.3, -0.25) is 4.79 Å². The Balaban J connectivity index is 3.73. The summed E-state index contributed by atoms with van der Waals surface area (Å²) in [4.78, 5) is 12.5. The van der Waals surface area contributed by atoms with E-state index in [0.29, 0.717) is 6.42 Å². The fourth-order valence-electron chi connectivity index (χ4n) is 6.61. The van der Waals surface area contributed by atoms with Gasteiger partial charge in [-0.2, -0.15) is 0 Å². The number of unbranched alkanes of at least 4 members (excludes halogenated alkanes) is 25. The van der Waals surface area contributed by atoms with Crippen LogP contribution in [0, 0.1) is 5.92 Å².